The van der Waals surface area contributed by atoms with Gasteiger partial charge in [-0.15, -0.1) is 0 Å². The topological polar surface area (TPSA) is 81.1 Å². The Morgan fingerprint density at radius 2 is 1.84 bits per heavy atom. The minimum Gasteiger partial charge on any atom is -0.480 e. The average molecular weight is 272 g/mol. The molecular formula is C13H24N2O4. The quantitative estimate of drug-likeness (QED) is 0.786. The van der Waals surface area contributed by atoms with Crippen LogP contribution in [0, 0.1) is 0 Å². The molecule has 0 radical (unpaired) electrons. The number of carbonyl (C=O) groups excluding carboxylic acids is 1. The average Bonchev–Trinajstić information content (AvgIpc) is 2.43. The standard InChI is InChI=1S/C13H24N2O4/c1-10(12(17)18)14(2)13(19)15(8-9-16)11-6-4-3-5-7-11/h10-11,16H,3-9H2,1-2H3,(H,17,18). The van der Waals surface area contributed by atoms with Gasteiger partial charge in [0, 0.05) is 19.6 Å². The van der Waals surface area contributed by atoms with Crippen LogP contribution in [-0.4, -0.2) is 64.3 Å². The van der Waals surface area contributed by atoms with Gasteiger partial charge in [-0.05, 0) is 19.8 Å². The van der Waals surface area contributed by atoms with Gasteiger partial charge >= 0.3 is 12.0 Å². The molecule has 0 aliphatic heterocycles. The summed E-state index contributed by atoms with van der Waals surface area (Å²) in [5.41, 5.74) is 0. The van der Waals surface area contributed by atoms with E-state index in [2.05, 4.69) is 0 Å². The molecule has 6 heteroatoms. The van der Waals surface area contributed by atoms with Crippen molar-refractivity contribution in [3.8, 4) is 0 Å². The number of likely N-dealkylation sites (N-methyl/N-ethyl adjacent to an activating group) is 1. The van der Waals surface area contributed by atoms with E-state index in [0.717, 1.165) is 25.7 Å². The van der Waals surface area contributed by atoms with Crippen molar-refractivity contribution in [3.63, 3.8) is 0 Å². The van der Waals surface area contributed by atoms with Crippen LogP contribution in [0.2, 0.25) is 0 Å². The van der Waals surface area contributed by atoms with Crippen molar-refractivity contribution in [2.24, 2.45) is 0 Å². The fraction of sp³-hybridized carbons (Fsp3) is 0.846. The van der Waals surface area contributed by atoms with Gasteiger partial charge in [-0.2, -0.15) is 0 Å². The maximum absolute atomic E-state index is 12.4. The smallest absolute Gasteiger partial charge is 0.326 e. The van der Waals surface area contributed by atoms with E-state index in [-0.39, 0.29) is 25.2 Å². The Labute approximate surface area is 114 Å². The fourth-order valence-electron chi connectivity index (χ4n) is 2.47. The zero-order chi connectivity index (χ0) is 14.4. The van der Waals surface area contributed by atoms with Crippen molar-refractivity contribution in [2.75, 3.05) is 20.2 Å². The van der Waals surface area contributed by atoms with Gasteiger partial charge in [0.1, 0.15) is 6.04 Å². The summed E-state index contributed by atoms with van der Waals surface area (Å²) in [6.45, 7) is 1.65. The summed E-state index contributed by atoms with van der Waals surface area (Å²) in [4.78, 5) is 26.1. The van der Waals surface area contributed by atoms with E-state index < -0.39 is 12.0 Å². The molecule has 0 aromatic heterocycles. The summed E-state index contributed by atoms with van der Waals surface area (Å²) < 4.78 is 0. The molecule has 1 aliphatic rings. The molecule has 1 saturated carbocycles. The lowest BCUT2D eigenvalue weighted by atomic mass is 9.94. The van der Waals surface area contributed by atoms with Gasteiger partial charge < -0.3 is 20.0 Å². The molecule has 1 aliphatic carbocycles. The van der Waals surface area contributed by atoms with Crippen molar-refractivity contribution in [2.45, 2.75) is 51.1 Å². The lowest BCUT2D eigenvalue weighted by Crippen LogP contribution is -2.52. The Bertz CT molecular complexity index is 316. The molecule has 0 aromatic carbocycles. The van der Waals surface area contributed by atoms with E-state index in [1.54, 1.807) is 4.90 Å². The Hall–Kier alpha value is -1.30. The predicted octanol–water partition coefficient (Wildman–Crippen LogP) is 1.14. The summed E-state index contributed by atoms with van der Waals surface area (Å²) in [7, 11) is 1.49. The highest BCUT2D eigenvalue weighted by molar-refractivity contribution is 5.82. The largest absolute Gasteiger partial charge is 0.480 e. The van der Waals surface area contributed by atoms with Crippen LogP contribution in [0.5, 0.6) is 0 Å². The van der Waals surface area contributed by atoms with E-state index in [1.165, 1.54) is 25.3 Å². The molecule has 110 valence electrons. The zero-order valence-corrected chi connectivity index (χ0v) is 11.7. The van der Waals surface area contributed by atoms with Gasteiger partial charge in [0.15, 0.2) is 0 Å². The van der Waals surface area contributed by atoms with Crippen LogP contribution in [-0.2, 0) is 4.79 Å². The highest BCUT2D eigenvalue weighted by atomic mass is 16.4. The first-order chi connectivity index (χ1) is 8.99. The summed E-state index contributed by atoms with van der Waals surface area (Å²) in [6, 6.07) is -1.05. The van der Waals surface area contributed by atoms with Crippen LogP contribution in [0.3, 0.4) is 0 Å². The van der Waals surface area contributed by atoms with Crippen molar-refractivity contribution >= 4 is 12.0 Å². The molecule has 1 rings (SSSR count). The second kappa shape index (κ2) is 7.33. The van der Waals surface area contributed by atoms with Gasteiger partial charge in [0.05, 0.1) is 6.61 Å². The summed E-state index contributed by atoms with van der Waals surface area (Å²) in [5, 5.41) is 18.1. The van der Waals surface area contributed by atoms with Crippen molar-refractivity contribution in [1.82, 2.24) is 9.80 Å². The van der Waals surface area contributed by atoms with Gasteiger partial charge in [0.25, 0.3) is 0 Å². The molecule has 0 saturated heterocycles. The fourth-order valence-corrected chi connectivity index (χ4v) is 2.47. The van der Waals surface area contributed by atoms with E-state index in [4.69, 9.17) is 10.2 Å². The number of nitrogens with zero attached hydrogens (tertiary/aromatic N) is 2. The molecule has 1 atom stereocenters. The second-order valence-electron chi connectivity index (χ2n) is 5.12. The van der Waals surface area contributed by atoms with Crippen molar-refractivity contribution in [1.29, 1.82) is 0 Å². The molecule has 0 spiro atoms. The number of carboxylic acid groups (broad SMARTS) is 1. The molecule has 0 aromatic rings. The summed E-state index contributed by atoms with van der Waals surface area (Å²) in [5.74, 6) is -1.02. The molecule has 19 heavy (non-hydrogen) atoms. The third kappa shape index (κ3) is 4.09. The van der Waals surface area contributed by atoms with Crippen LogP contribution in [0.4, 0.5) is 4.79 Å². The molecule has 1 unspecified atom stereocenters. The number of amides is 2. The number of aliphatic hydroxyl groups excluding tert-OH is 1. The number of hydrogen-bond acceptors (Lipinski definition) is 3. The highest BCUT2D eigenvalue weighted by Crippen LogP contribution is 2.23. The number of hydrogen-bond donors (Lipinski definition) is 2. The maximum atomic E-state index is 12.4. The summed E-state index contributed by atoms with van der Waals surface area (Å²) >= 11 is 0. The Kier molecular flexibility index (Phi) is 6.08. The van der Waals surface area contributed by atoms with Crippen LogP contribution < -0.4 is 0 Å². The van der Waals surface area contributed by atoms with Crippen molar-refractivity contribution < 1.29 is 19.8 Å². The van der Waals surface area contributed by atoms with Crippen LogP contribution in [0.25, 0.3) is 0 Å². The lowest BCUT2D eigenvalue weighted by molar-refractivity contribution is -0.141. The Morgan fingerprint density at radius 3 is 2.32 bits per heavy atom. The SMILES string of the molecule is CC(C(=O)O)N(C)C(=O)N(CCO)C1CCCCC1. The number of aliphatic hydroxyl groups is 1. The van der Waals surface area contributed by atoms with Crippen LogP contribution in [0.1, 0.15) is 39.0 Å². The van der Waals surface area contributed by atoms with Gasteiger partial charge in [-0.3, -0.25) is 0 Å². The zero-order valence-electron chi connectivity index (χ0n) is 11.7. The van der Waals surface area contributed by atoms with E-state index >= 15 is 0 Å². The second-order valence-corrected chi connectivity index (χ2v) is 5.12. The van der Waals surface area contributed by atoms with Gasteiger partial charge in [-0.25, -0.2) is 9.59 Å². The van der Waals surface area contributed by atoms with Crippen LogP contribution in [0.15, 0.2) is 0 Å². The number of aliphatic carboxylic acids is 1. The summed E-state index contributed by atoms with van der Waals surface area (Å²) in [6.07, 6.45) is 5.21. The Balaban J connectivity index is 2.73. The molecule has 2 N–H and O–H groups in total. The van der Waals surface area contributed by atoms with E-state index in [9.17, 15) is 9.59 Å². The molecule has 0 bridgehead atoms. The molecule has 0 heterocycles. The molecule has 2 amide bonds. The lowest BCUT2D eigenvalue weighted by Gasteiger charge is -2.37. The first kappa shape index (κ1) is 15.8. The first-order valence-electron chi connectivity index (χ1n) is 6.86. The maximum Gasteiger partial charge on any atom is 0.326 e. The monoisotopic (exact) mass is 272 g/mol. The third-order valence-corrected chi connectivity index (χ3v) is 3.84. The minimum atomic E-state index is -1.02. The van der Waals surface area contributed by atoms with E-state index in [1.807, 2.05) is 0 Å². The number of carbonyl (C=O) groups is 2. The van der Waals surface area contributed by atoms with E-state index in [0.29, 0.717) is 0 Å². The van der Waals surface area contributed by atoms with Crippen LogP contribution >= 0.6 is 0 Å². The Morgan fingerprint density at radius 1 is 1.26 bits per heavy atom. The van der Waals surface area contributed by atoms with Crippen molar-refractivity contribution in [3.05, 3.63) is 0 Å². The number of urea groups is 1. The number of rotatable bonds is 5. The molecule has 6 nitrogen and oxygen atoms in total. The van der Waals surface area contributed by atoms with Gasteiger partial charge in [-0.1, -0.05) is 19.3 Å². The number of carboxylic acids is 1. The third-order valence-electron chi connectivity index (χ3n) is 3.84. The normalized spacial score (nSPS) is 17.8. The first-order valence-corrected chi connectivity index (χ1v) is 6.86. The predicted molar refractivity (Wildman–Crippen MR) is 70.9 cm³/mol. The minimum absolute atomic E-state index is 0.0997. The molecular weight excluding hydrogens is 248 g/mol. The van der Waals surface area contributed by atoms with Gasteiger partial charge in [0.2, 0.25) is 0 Å². The molecule has 1 fully saturated rings. The highest BCUT2D eigenvalue weighted by Gasteiger charge is 2.30.